The molecule has 0 fully saturated rings. The Labute approximate surface area is 140 Å². The van der Waals surface area contributed by atoms with Crippen molar-refractivity contribution < 1.29 is 32.7 Å². The lowest BCUT2D eigenvalue weighted by Crippen LogP contribution is -2.33. The highest BCUT2D eigenvalue weighted by Gasteiger charge is 2.38. The zero-order valence-corrected chi connectivity index (χ0v) is 12.6. The topological polar surface area (TPSA) is 72.9 Å². The minimum Gasteiger partial charge on any atom is -0.435 e. The van der Waals surface area contributed by atoms with Gasteiger partial charge in [-0.2, -0.15) is 8.78 Å². The lowest BCUT2D eigenvalue weighted by molar-refractivity contribution is -0.167. The molecule has 0 spiro atoms. The van der Waals surface area contributed by atoms with E-state index in [1.807, 2.05) is 0 Å². The maximum atomic E-state index is 12.1. The van der Waals surface area contributed by atoms with Crippen LogP contribution in [0.2, 0.25) is 0 Å². The van der Waals surface area contributed by atoms with Gasteiger partial charge in [0.15, 0.2) is 0 Å². The molecule has 128 valence electrons. The Morgan fingerprint density at radius 3 is 2.04 bits per heavy atom. The molecular weight excluding hydrogens is 336 g/mol. The van der Waals surface area contributed by atoms with Gasteiger partial charge < -0.3 is 9.57 Å². The maximum absolute atomic E-state index is 12.1. The zero-order chi connectivity index (χ0) is 18.0. The third-order valence-corrected chi connectivity index (χ3v) is 3.45. The molecule has 0 radical (unpaired) electrons. The summed E-state index contributed by atoms with van der Waals surface area (Å²) in [7, 11) is 0. The fourth-order valence-corrected chi connectivity index (χ4v) is 2.34. The number of alkyl halides is 2. The molecule has 0 aliphatic carbocycles. The highest BCUT2D eigenvalue weighted by Crippen LogP contribution is 2.23. The highest BCUT2D eigenvalue weighted by molar-refractivity contribution is 6.20. The summed E-state index contributed by atoms with van der Waals surface area (Å²) in [6.07, 6.45) is -0.248. The zero-order valence-electron chi connectivity index (χ0n) is 12.6. The monoisotopic (exact) mass is 347 g/mol. The van der Waals surface area contributed by atoms with Crippen molar-refractivity contribution in [2.45, 2.75) is 13.0 Å². The molecule has 0 aromatic heterocycles. The molecule has 25 heavy (non-hydrogen) atoms. The number of carbonyl (C=O) groups is 3. The predicted molar refractivity (Wildman–Crippen MR) is 79.8 cm³/mol. The Morgan fingerprint density at radius 2 is 1.52 bits per heavy atom. The van der Waals surface area contributed by atoms with Gasteiger partial charge in [0.05, 0.1) is 17.5 Å². The Bertz CT molecular complexity index is 800. The molecule has 0 saturated heterocycles. The molecule has 0 N–H and O–H groups in total. The summed E-state index contributed by atoms with van der Waals surface area (Å²) in [5, 5.41) is 0.418. The van der Waals surface area contributed by atoms with Gasteiger partial charge in [0.25, 0.3) is 11.8 Å². The summed E-state index contributed by atoms with van der Waals surface area (Å²) in [5.41, 5.74) is 0.769. The number of hydrogen-bond donors (Lipinski definition) is 0. The van der Waals surface area contributed by atoms with Crippen LogP contribution in [0.1, 0.15) is 26.3 Å². The molecule has 2 aromatic rings. The van der Waals surface area contributed by atoms with Crippen LogP contribution in [0.4, 0.5) is 8.78 Å². The van der Waals surface area contributed by atoms with Crippen LogP contribution < -0.4 is 4.74 Å². The van der Waals surface area contributed by atoms with Gasteiger partial charge in [0.2, 0.25) is 0 Å². The number of halogens is 2. The van der Waals surface area contributed by atoms with Crippen LogP contribution in [0.5, 0.6) is 5.75 Å². The van der Waals surface area contributed by atoms with E-state index in [2.05, 4.69) is 4.74 Å². The van der Waals surface area contributed by atoms with Crippen LogP contribution in [-0.4, -0.2) is 29.5 Å². The number of rotatable bonds is 5. The van der Waals surface area contributed by atoms with Gasteiger partial charge in [-0.1, -0.05) is 29.3 Å². The average Bonchev–Trinajstić information content (AvgIpc) is 2.82. The van der Waals surface area contributed by atoms with E-state index < -0.39 is 24.4 Å². The fraction of sp³-hybridized carbons (Fsp3) is 0.118. The van der Waals surface area contributed by atoms with E-state index >= 15 is 0 Å². The molecule has 1 aliphatic heterocycles. The first kappa shape index (κ1) is 16.6. The third kappa shape index (κ3) is 3.47. The summed E-state index contributed by atoms with van der Waals surface area (Å²) in [6, 6.07) is 11.5. The van der Waals surface area contributed by atoms with E-state index in [-0.39, 0.29) is 23.3 Å². The number of carbonyl (C=O) groups excluding carboxylic acids is 3. The van der Waals surface area contributed by atoms with Crippen molar-refractivity contribution in [1.82, 2.24) is 5.06 Å². The van der Waals surface area contributed by atoms with Gasteiger partial charge in [-0.25, -0.2) is 4.79 Å². The Hall–Kier alpha value is -3.29. The molecule has 1 heterocycles. The molecular formula is C17H11F2NO5. The normalized spacial score (nSPS) is 13.2. The number of benzene rings is 2. The SMILES string of the molecule is O=C(Cc1ccc(OC(F)F)cc1)ON1C(=O)c2ccccc2C1=O. The van der Waals surface area contributed by atoms with Gasteiger partial charge in [0.1, 0.15) is 5.75 Å². The predicted octanol–water partition coefficient (Wildman–Crippen LogP) is 2.58. The molecule has 8 heteroatoms. The van der Waals surface area contributed by atoms with Gasteiger partial charge in [-0.3, -0.25) is 9.59 Å². The molecule has 3 rings (SSSR count). The molecule has 2 amide bonds. The minimum absolute atomic E-state index is 0.0486. The number of amides is 2. The second-order valence-corrected chi connectivity index (χ2v) is 5.11. The average molecular weight is 347 g/mol. The van der Waals surface area contributed by atoms with Crippen LogP contribution in [0.3, 0.4) is 0 Å². The number of hydrogen-bond acceptors (Lipinski definition) is 5. The molecule has 0 atom stereocenters. The number of nitrogens with zero attached hydrogens (tertiary/aromatic N) is 1. The number of fused-ring (bicyclic) bond motifs is 1. The van der Waals surface area contributed by atoms with Crippen molar-refractivity contribution in [1.29, 1.82) is 0 Å². The molecule has 0 bridgehead atoms. The summed E-state index contributed by atoms with van der Waals surface area (Å²) in [4.78, 5) is 41.0. The number of imide groups is 1. The van der Waals surface area contributed by atoms with Crippen LogP contribution in [0, 0.1) is 0 Å². The van der Waals surface area contributed by atoms with Crippen molar-refractivity contribution >= 4 is 17.8 Å². The molecule has 2 aromatic carbocycles. The standard InChI is InChI=1S/C17H11F2NO5/c18-17(19)24-11-7-5-10(6-8-11)9-14(21)25-20-15(22)12-3-1-2-4-13(12)16(20)23/h1-8,17H,9H2. The van der Waals surface area contributed by atoms with Crippen molar-refractivity contribution in [3.05, 3.63) is 65.2 Å². The first-order valence-corrected chi connectivity index (χ1v) is 7.18. The van der Waals surface area contributed by atoms with Crippen LogP contribution in [0.15, 0.2) is 48.5 Å². The molecule has 0 saturated carbocycles. The molecule has 0 unspecified atom stereocenters. The van der Waals surface area contributed by atoms with Crippen molar-refractivity contribution in [3.8, 4) is 5.75 Å². The molecule has 6 nitrogen and oxygen atoms in total. The first-order chi connectivity index (χ1) is 12.0. The van der Waals surface area contributed by atoms with E-state index in [1.54, 1.807) is 12.1 Å². The summed E-state index contributed by atoms with van der Waals surface area (Å²) in [5.74, 6) is -2.31. The summed E-state index contributed by atoms with van der Waals surface area (Å²) < 4.78 is 28.4. The van der Waals surface area contributed by atoms with E-state index in [4.69, 9.17) is 4.84 Å². The van der Waals surface area contributed by atoms with Gasteiger partial charge in [-0.15, -0.1) is 0 Å². The maximum Gasteiger partial charge on any atom is 0.387 e. The Kier molecular flexibility index (Phi) is 4.42. The van der Waals surface area contributed by atoms with Gasteiger partial charge >= 0.3 is 12.6 Å². The van der Waals surface area contributed by atoms with E-state index in [0.717, 1.165) is 0 Å². The van der Waals surface area contributed by atoms with Crippen molar-refractivity contribution in [2.75, 3.05) is 0 Å². The second kappa shape index (κ2) is 6.68. The summed E-state index contributed by atoms with van der Waals surface area (Å²) in [6.45, 7) is -2.94. The van der Waals surface area contributed by atoms with E-state index in [9.17, 15) is 23.2 Å². The Balaban J connectivity index is 1.64. The first-order valence-electron chi connectivity index (χ1n) is 7.18. The largest absolute Gasteiger partial charge is 0.435 e. The van der Waals surface area contributed by atoms with Crippen molar-refractivity contribution in [2.24, 2.45) is 0 Å². The van der Waals surface area contributed by atoms with E-state index in [1.165, 1.54) is 36.4 Å². The lowest BCUT2D eigenvalue weighted by Gasteiger charge is -2.12. The van der Waals surface area contributed by atoms with Crippen LogP contribution >= 0.6 is 0 Å². The van der Waals surface area contributed by atoms with Crippen LogP contribution in [0.25, 0.3) is 0 Å². The number of hydroxylamine groups is 2. The summed E-state index contributed by atoms with van der Waals surface area (Å²) >= 11 is 0. The Morgan fingerprint density at radius 1 is 0.960 bits per heavy atom. The van der Waals surface area contributed by atoms with Gasteiger partial charge in [0, 0.05) is 0 Å². The highest BCUT2D eigenvalue weighted by atomic mass is 19.3. The third-order valence-electron chi connectivity index (χ3n) is 3.45. The van der Waals surface area contributed by atoms with Crippen molar-refractivity contribution in [3.63, 3.8) is 0 Å². The van der Waals surface area contributed by atoms with Gasteiger partial charge in [-0.05, 0) is 29.8 Å². The minimum atomic E-state index is -2.94. The fourth-order valence-electron chi connectivity index (χ4n) is 2.34. The van der Waals surface area contributed by atoms with E-state index in [0.29, 0.717) is 10.6 Å². The second-order valence-electron chi connectivity index (χ2n) is 5.11. The quantitative estimate of drug-likeness (QED) is 0.778. The smallest absolute Gasteiger partial charge is 0.387 e. The number of ether oxygens (including phenoxy) is 1. The lowest BCUT2D eigenvalue weighted by atomic mass is 10.1. The van der Waals surface area contributed by atoms with Crippen LogP contribution in [-0.2, 0) is 16.1 Å². The molecule has 1 aliphatic rings.